The maximum atomic E-state index is 13.5. The Balaban J connectivity index is 1.34. The zero-order chi connectivity index (χ0) is 27.8. The predicted molar refractivity (Wildman–Crippen MR) is 128 cm³/mol. The molecule has 0 unspecified atom stereocenters. The maximum Gasteiger partial charge on any atom is 0.335 e. The van der Waals surface area contributed by atoms with E-state index in [0.29, 0.717) is 12.8 Å². The second kappa shape index (κ2) is 9.29. The molecule has 5 aliphatic rings. The second-order valence-electron chi connectivity index (χ2n) is 12.1. The van der Waals surface area contributed by atoms with Crippen LogP contribution in [0.5, 0.6) is 0 Å². The van der Waals surface area contributed by atoms with Crippen molar-refractivity contribution in [3.05, 3.63) is 23.8 Å². The van der Waals surface area contributed by atoms with Crippen molar-refractivity contribution in [3.8, 4) is 0 Å². The van der Waals surface area contributed by atoms with Crippen molar-refractivity contribution in [3.63, 3.8) is 0 Å². The first-order chi connectivity index (χ1) is 17.7. The Morgan fingerprint density at radius 2 is 1.82 bits per heavy atom. The highest BCUT2D eigenvalue weighted by Gasteiger charge is 2.68. The van der Waals surface area contributed by atoms with Crippen LogP contribution in [-0.2, 0) is 23.9 Å². The quantitative estimate of drug-likeness (QED) is 0.265. The molecule has 0 aromatic rings. The first kappa shape index (κ1) is 27.6. The molecule has 5 rings (SSSR count). The van der Waals surface area contributed by atoms with E-state index in [2.05, 4.69) is 0 Å². The number of carbonyl (C=O) groups is 3. The molecule has 0 aromatic heterocycles. The van der Waals surface area contributed by atoms with Crippen LogP contribution in [0.1, 0.15) is 46.0 Å². The summed E-state index contributed by atoms with van der Waals surface area (Å²) in [7, 11) is 0. The third kappa shape index (κ3) is 3.86. The van der Waals surface area contributed by atoms with Crippen LogP contribution in [0.4, 0.5) is 0 Å². The van der Waals surface area contributed by atoms with Crippen LogP contribution in [0, 0.1) is 28.6 Å². The summed E-state index contributed by atoms with van der Waals surface area (Å²) in [5.41, 5.74) is -2.29. The van der Waals surface area contributed by atoms with E-state index in [1.165, 1.54) is 0 Å². The number of ether oxygens (including phenoxy) is 2. The van der Waals surface area contributed by atoms with Crippen molar-refractivity contribution in [2.45, 2.75) is 88.4 Å². The van der Waals surface area contributed by atoms with Gasteiger partial charge in [-0.1, -0.05) is 25.5 Å². The van der Waals surface area contributed by atoms with Crippen molar-refractivity contribution >= 4 is 17.5 Å². The van der Waals surface area contributed by atoms with Crippen molar-refractivity contribution in [2.24, 2.45) is 28.6 Å². The van der Waals surface area contributed by atoms with Crippen LogP contribution >= 0.6 is 0 Å². The molecule has 0 amide bonds. The maximum absolute atomic E-state index is 13.5. The summed E-state index contributed by atoms with van der Waals surface area (Å²) in [6.45, 7) is 3.12. The number of carboxylic acids is 1. The fraction of sp³-hybridized carbons (Fsp3) is 0.741. The van der Waals surface area contributed by atoms with Gasteiger partial charge in [0, 0.05) is 16.7 Å². The van der Waals surface area contributed by atoms with Gasteiger partial charge in [-0.15, -0.1) is 0 Å². The average molecular weight is 537 g/mol. The van der Waals surface area contributed by atoms with Crippen LogP contribution in [0.2, 0.25) is 0 Å². The summed E-state index contributed by atoms with van der Waals surface area (Å²) in [4.78, 5) is 36.8. The number of aliphatic hydroxyl groups is 5. The number of ketones is 2. The average Bonchev–Trinajstić information content (AvgIpc) is 3.13. The molecule has 0 bridgehead atoms. The van der Waals surface area contributed by atoms with Crippen LogP contribution in [0.15, 0.2) is 23.8 Å². The summed E-state index contributed by atoms with van der Waals surface area (Å²) in [6.07, 6.45) is -2.60. The number of hydrogen-bond donors (Lipinski definition) is 6. The first-order valence-electron chi connectivity index (χ1n) is 13.2. The summed E-state index contributed by atoms with van der Waals surface area (Å²) >= 11 is 0. The molecule has 12 atom stereocenters. The predicted octanol–water partition coefficient (Wildman–Crippen LogP) is -0.526. The highest BCUT2D eigenvalue weighted by atomic mass is 16.7. The second-order valence-corrected chi connectivity index (χ2v) is 12.1. The normalized spacial score (nSPS) is 50.0. The molecule has 3 saturated carbocycles. The van der Waals surface area contributed by atoms with Crippen LogP contribution in [0.25, 0.3) is 0 Å². The fourth-order valence-electron chi connectivity index (χ4n) is 8.26. The smallest absolute Gasteiger partial charge is 0.335 e. The lowest BCUT2D eigenvalue weighted by atomic mass is 9.46. The van der Waals surface area contributed by atoms with Gasteiger partial charge in [0.1, 0.15) is 30.5 Å². The molecule has 0 radical (unpaired) electrons. The van der Waals surface area contributed by atoms with Gasteiger partial charge >= 0.3 is 5.97 Å². The SMILES string of the molecule is C[C@]12C=CC(=O)C=C1CC[C@@H]1[C@@H]2[C@H](O)C[C@]2(C)[C@H]1CC[C@]2(O)C(=O)CO[C@H]1O[C@H](C(=O)O)[C@H](O)[C@@H](O)[C@@H]1O. The van der Waals surface area contributed by atoms with Gasteiger partial charge in [-0.05, 0) is 56.1 Å². The van der Waals surface area contributed by atoms with E-state index in [9.17, 15) is 45.0 Å². The van der Waals surface area contributed by atoms with Gasteiger partial charge < -0.3 is 40.1 Å². The molecule has 11 nitrogen and oxygen atoms in total. The molecule has 4 fully saturated rings. The lowest BCUT2D eigenvalue weighted by Crippen LogP contribution is -2.62. The molecule has 38 heavy (non-hydrogen) atoms. The van der Waals surface area contributed by atoms with Gasteiger partial charge in [-0.2, -0.15) is 0 Å². The number of Topliss-reactive ketones (excluding diaryl/α,β-unsaturated/α-hetero) is 1. The monoisotopic (exact) mass is 536 g/mol. The minimum Gasteiger partial charge on any atom is -0.479 e. The number of carboxylic acid groups (broad SMARTS) is 1. The molecule has 11 heteroatoms. The number of hydrogen-bond acceptors (Lipinski definition) is 10. The van der Waals surface area contributed by atoms with E-state index in [0.717, 1.165) is 12.0 Å². The van der Waals surface area contributed by atoms with Gasteiger partial charge in [0.05, 0.1) is 6.10 Å². The van der Waals surface area contributed by atoms with Crippen molar-refractivity contribution in [1.82, 2.24) is 0 Å². The zero-order valence-corrected chi connectivity index (χ0v) is 21.4. The van der Waals surface area contributed by atoms with Gasteiger partial charge in [-0.25, -0.2) is 4.79 Å². The minimum atomic E-state index is -1.89. The molecule has 1 heterocycles. The van der Waals surface area contributed by atoms with Gasteiger partial charge in [-0.3, -0.25) is 9.59 Å². The van der Waals surface area contributed by atoms with E-state index in [4.69, 9.17) is 9.47 Å². The topological polar surface area (TPSA) is 191 Å². The highest BCUT2D eigenvalue weighted by molar-refractivity contribution is 6.01. The molecule has 210 valence electrons. The van der Waals surface area contributed by atoms with Gasteiger partial charge in [0.25, 0.3) is 0 Å². The lowest BCUT2D eigenvalue weighted by molar-refractivity contribution is -0.293. The van der Waals surface area contributed by atoms with E-state index in [1.54, 1.807) is 12.2 Å². The molecular formula is C27H36O11. The Morgan fingerprint density at radius 3 is 2.50 bits per heavy atom. The van der Waals surface area contributed by atoms with Crippen LogP contribution in [0.3, 0.4) is 0 Å². The molecule has 6 N–H and O–H groups in total. The third-order valence-electron chi connectivity index (χ3n) is 10.3. The Labute approximate surface area is 219 Å². The number of rotatable bonds is 5. The number of fused-ring (bicyclic) bond motifs is 5. The van der Waals surface area contributed by atoms with Gasteiger partial charge in [0.2, 0.25) is 0 Å². The third-order valence-corrected chi connectivity index (χ3v) is 10.3. The van der Waals surface area contributed by atoms with Crippen LogP contribution < -0.4 is 0 Å². The lowest BCUT2D eigenvalue weighted by Gasteiger charge is -2.59. The van der Waals surface area contributed by atoms with E-state index in [-0.39, 0.29) is 36.4 Å². The minimum absolute atomic E-state index is 0.0166. The fourth-order valence-corrected chi connectivity index (χ4v) is 8.26. The first-order valence-corrected chi connectivity index (χ1v) is 13.2. The summed E-state index contributed by atoms with van der Waals surface area (Å²) in [6, 6.07) is 0. The Morgan fingerprint density at radius 1 is 1.11 bits per heavy atom. The Bertz CT molecular complexity index is 1080. The van der Waals surface area contributed by atoms with E-state index in [1.807, 2.05) is 19.9 Å². The van der Waals surface area contributed by atoms with E-state index < -0.39 is 71.6 Å². The van der Waals surface area contributed by atoms with E-state index >= 15 is 0 Å². The Hall–Kier alpha value is -1.99. The highest BCUT2D eigenvalue weighted by Crippen LogP contribution is 2.67. The summed E-state index contributed by atoms with van der Waals surface area (Å²) in [5.74, 6) is -2.54. The molecule has 0 spiro atoms. The van der Waals surface area contributed by atoms with Crippen molar-refractivity contribution < 1.29 is 54.5 Å². The molecule has 1 aliphatic heterocycles. The molecular weight excluding hydrogens is 500 g/mol. The number of allylic oxidation sites excluding steroid dienone is 4. The van der Waals surface area contributed by atoms with Crippen LogP contribution in [-0.4, -0.2) is 97.2 Å². The number of carbonyl (C=O) groups excluding carboxylic acids is 2. The summed E-state index contributed by atoms with van der Waals surface area (Å²) in [5, 5.41) is 62.5. The standard InChI is InChI=1S/C27H36O11/c1-25-7-5-13(28)9-12(25)3-4-14-15-6-8-27(36,26(15,2)10-16(29)18(14)25)17(30)11-37-24-21(33)19(31)20(32)22(38-24)23(34)35/h5,7,9,14-16,18-22,24,29,31-33,36H,3-4,6,8,10-11H2,1-2H3,(H,34,35)/t14-,15-,16+,18+,19+,20+,21-,22-,24-,25-,26+,27-/m0/s1. The Kier molecular flexibility index (Phi) is 6.74. The van der Waals surface area contributed by atoms with Crippen molar-refractivity contribution in [2.75, 3.05) is 6.61 Å². The zero-order valence-electron chi connectivity index (χ0n) is 21.4. The summed E-state index contributed by atoms with van der Waals surface area (Å²) < 4.78 is 10.4. The van der Waals surface area contributed by atoms with Gasteiger partial charge in [0.15, 0.2) is 24.0 Å². The molecule has 4 aliphatic carbocycles. The number of aliphatic carboxylic acids is 1. The largest absolute Gasteiger partial charge is 0.479 e. The number of aliphatic hydroxyl groups excluding tert-OH is 4. The van der Waals surface area contributed by atoms with Crippen molar-refractivity contribution in [1.29, 1.82) is 0 Å². The molecule has 1 saturated heterocycles. The molecule has 0 aromatic carbocycles.